The number of nitrogens with zero attached hydrogens (tertiary/aromatic N) is 6. The number of nitrogens with one attached hydrogen (secondary N) is 1. The predicted octanol–water partition coefficient (Wildman–Crippen LogP) is 6.12. The molecule has 2 aliphatic heterocycles. The van der Waals surface area contributed by atoms with Gasteiger partial charge in [-0.25, -0.2) is 5.43 Å². The number of thioether (sulfide) groups is 1. The highest BCUT2D eigenvalue weighted by Gasteiger charge is 2.20. The zero-order valence-electron chi connectivity index (χ0n) is 21.6. The van der Waals surface area contributed by atoms with Crippen molar-refractivity contribution < 1.29 is 4.74 Å². The average molecular weight is 552 g/mol. The first kappa shape index (κ1) is 26.6. The summed E-state index contributed by atoms with van der Waals surface area (Å²) in [4.78, 5) is 20.0. The molecule has 2 saturated heterocycles. The molecular formula is C28H34ClN7OS. The molecule has 0 radical (unpaired) electrons. The van der Waals surface area contributed by atoms with Crippen molar-refractivity contribution in [3.05, 3.63) is 59.1 Å². The fraction of sp³-hybridized carbons (Fsp3) is 0.429. The van der Waals surface area contributed by atoms with E-state index in [1.54, 1.807) is 18.0 Å². The van der Waals surface area contributed by atoms with Crippen molar-refractivity contribution in [1.82, 2.24) is 15.0 Å². The van der Waals surface area contributed by atoms with Crippen molar-refractivity contribution in [3.63, 3.8) is 0 Å². The van der Waals surface area contributed by atoms with Gasteiger partial charge in [-0.3, -0.25) is 0 Å². The highest BCUT2D eigenvalue weighted by molar-refractivity contribution is 7.99. The van der Waals surface area contributed by atoms with Crippen molar-refractivity contribution in [2.75, 3.05) is 53.8 Å². The lowest BCUT2D eigenvalue weighted by Crippen LogP contribution is -2.34. The zero-order valence-corrected chi connectivity index (χ0v) is 23.1. The van der Waals surface area contributed by atoms with Gasteiger partial charge in [0.1, 0.15) is 5.75 Å². The minimum Gasteiger partial charge on any atom is -0.492 e. The number of rotatable bonds is 10. The third kappa shape index (κ3) is 7.51. The number of hydrazone groups is 1. The lowest BCUT2D eigenvalue weighted by Gasteiger charge is -2.30. The lowest BCUT2D eigenvalue weighted by atomic mass is 10.1. The van der Waals surface area contributed by atoms with Gasteiger partial charge < -0.3 is 14.5 Å². The van der Waals surface area contributed by atoms with E-state index in [1.807, 2.05) is 48.5 Å². The number of ether oxygens (including phenoxy) is 1. The number of para-hydroxylation sites is 1. The summed E-state index contributed by atoms with van der Waals surface area (Å²) in [5, 5.41) is 5.21. The minimum atomic E-state index is 0.468. The third-order valence-corrected chi connectivity index (χ3v) is 7.83. The first-order valence-corrected chi connectivity index (χ1v) is 14.8. The summed E-state index contributed by atoms with van der Waals surface area (Å²) in [6.07, 6.45) is 8.95. The van der Waals surface area contributed by atoms with Crippen LogP contribution in [0.3, 0.4) is 0 Å². The van der Waals surface area contributed by atoms with Crippen molar-refractivity contribution in [3.8, 4) is 5.75 Å². The van der Waals surface area contributed by atoms with Crippen LogP contribution < -0.4 is 20.0 Å². The standard InChI is InChI=1S/C28H34ClN7OS/c29-23-11-13-24(14-12-23)38-20-19-37-25-10-4-3-9-22(25)21-30-34-26-31-27(35-15-5-1-6-16-35)33-28(32-26)36-17-7-2-8-18-36/h3-4,9-14,21H,1-2,5-8,15-20H2,(H,31,32,33,34). The molecule has 0 bridgehead atoms. The molecule has 0 unspecified atom stereocenters. The molecule has 3 aromatic rings. The molecular weight excluding hydrogens is 518 g/mol. The second kappa shape index (κ2) is 13.7. The first-order chi connectivity index (χ1) is 18.7. The number of hydrogen-bond donors (Lipinski definition) is 1. The Morgan fingerprint density at radius 2 is 1.47 bits per heavy atom. The molecule has 1 aromatic heterocycles. The molecule has 2 aromatic carbocycles. The summed E-state index contributed by atoms with van der Waals surface area (Å²) in [5.74, 6) is 3.55. The van der Waals surface area contributed by atoms with Gasteiger partial charge in [-0.15, -0.1) is 11.8 Å². The van der Waals surface area contributed by atoms with Crippen LogP contribution in [0.1, 0.15) is 44.1 Å². The van der Waals surface area contributed by atoms with Gasteiger partial charge >= 0.3 is 0 Å². The second-order valence-electron chi connectivity index (χ2n) is 9.41. The summed E-state index contributed by atoms with van der Waals surface area (Å²) in [7, 11) is 0. The monoisotopic (exact) mass is 551 g/mol. The van der Waals surface area contributed by atoms with Gasteiger partial charge in [0.25, 0.3) is 0 Å². The van der Waals surface area contributed by atoms with Crippen LogP contribution in [-0.2, 0) is 0 Å². The van der Waals surface area contributed by atoms with Gasteiger partial charge in [0.15, 0.2) is 0 Å². The lowest BCUT2D eigenvalue weighted by molar-refractivity contribution is 0.343. The van der Waals surface area contributed by atoms with E-state index in [4.69, 9.17) is 31.3 Å². The van der Waals surface area contributed by atoms with E-state index in [9.17, 15) is 0 Å². The van der Waals surface area contributed by atoms with Crippen LogP contribution in [-0.4, -0.2) is 59.7 Å². The number of anilines is 3. The normalized spacial score (nSPS) is 16.1. The van der Waals surface area contributed by atoms with Crippen LogP contribution in [0, 0.1) is 0 Å². The SMILES string of the molecule is Clc1ccc(SCCOc2ccccc2C=NNc2nc(N3CCCCC3)nc(N3CCCCC3)n2)cc1. The third-order valence-electron chi connectivity index (χ3n) is 6.60. The zero-order chi connectivity index (χ0) is 26.0. The van der Waals surface area contributed by atoms with Gasteiger partial charge in [0, 0.05) is 47.4 Å². The van der Waals surface area contributed by atoms with Crippen molar-refractivity contribution in [1.29, 1.82) is 0 Å². The Hall–Kier alpha value is -3.04. The van der Waals surface area contributed by atoms with Crippen LogP contribution in [0.4, 0.5) is 17.8 Å². The van der Waals surface area contributed by atoms with E-state index < -0.39 is 0 Å². The molecule has 0 spiro atoms. The van der Waals surface area contributed by atoms with Crippen LogP contribution >= 0.6 is 23.4 Å². The Bertz CT molecular complexity index is 1160. The van der Waals surface area contributed by atoms with E-state index in [2.05, 4.69) is 20.3 Å². The summed E-state index contributed by atoms with van der Waals surface area (Å²) >= 11 is 7.71. The number of benzene rings is 2. The smallest absolute Gasteiger partial charge is 0.250 e. The Balaban J connectivity index is 1.23. The van der Waals surface area contributed by atoms with Crippen LogP contribution in [0.25, 0.3) is 0 Å². The molecule has 200 valence electrons. The quantitative estimate of drug-likeness (QED) is 0.140. The summed E-state index contributed by atoms with van der Waals surface area (Å²) in [6, 6.07) is 15.7. The topological polar surface area (TPSA) is 78.8 Å². The van der Waals surface area contributed by atoms with Crippen molar-refractivity contribution >= 4 is 47.4 Å². The maximum atomic E-state index is 6.06. The van der Waals surface area contributed by atoms with Crippen LogP contribution in [0.15, 0.2) is 58.5 Å². The number of aromatic nitrogens is 3. The Morgan fingerprint density at radius 1 is 0.842 bits per heavy atom. The van der Waals surface area contributed by atoms with E-state index in [0.29, 0.717) is 12.6 Å². The summed E-state index contributed by atoms with van der Waals surface area (Å²) in [5.41, 5.74) is 3.94. The molecule has 1 N–H and O–H groups in total. The van der Waals surface area contributed by atoms with E-state index >= 15 is 0 Å². The van der Waals surface area contributed by atoms with Crippen LogP contribution in [0.5, 0.6) is 5.75 Å². The Morgan fingerprint density at radius 3 is 2.13 bits per heavy atom. The van der Waals surface area contributed by atoms with Gasteiger partial charge in [0.2, 0.25) is 17.8 Å². The minimum absolute atomic E-state index is 0.468. The van der Waals surface area contributed by atoms with Gasteiger partial charge in [-0.1, -0.05) is 23.7 Å². The molecule has 0 aliphatic carbocycles. The molecule has 8 nitrogen and oxygen atoms in total. The summed E-state index contributed by atoms with van der Waals surface area (Å²) < 4.78 is 6.06. The van der Waals surface area contributed by atoms with Crippen molar-refractivity contribution in [2.24, 2.45) is 5.10 Å². The molecule has 38 heavy (non-hydrogen) atoms. The Kier molecular flexibility index (Phi) is 9.55. The molecule has 2 aliphatic rings. The Labute approximate surface area is 233 Å². The molecule has 0 saturated carbocycles. The molecule has 5 rings (SSSR count). The highest BCUT2D eigenvalue weighted by atomic mass is 35.5. The maximum Gasteiger partial charge on any atom is 0.250 e. The largest absolute Gasteiger partial charge is 0.492 e. The fourth-order valence-corrected chi connectivity index (χ4v) is 5.45. The number of halogens is 1. The fourth-order valence-electron chi connectivity index (χ4n) is 4.59. The maximum absolute atomic E-state index is 6.06. The molecule has 2 fully saturated rings. The number of hydrogen-bond acceptors (Lipinski definition) is 9. The molecule has 3 heterocycles. The van der Waals surface area contributed by atoms with E-state index in [1.165, 1.54) is 43.4 Å². The van der Waals surface area contributed by atoms with Gasteiger partial charge in [-0.2, -0.15) is 20.1 Å². The summed E-state index contributed by atoms with van der Waals surface area (Å²) in [6.45, 7) is 4.50. The molecule has 10 heteroatoms. The first-order valence-electron chi connectivity index (χ1n) is 13.4. The van der Waals surface area contributed by atoms with E-state index in [0.717, 1.165) is 60.2 Å². The molecule has 0 amide bonds. The van der Waals surface area contributed by atoms with E-state index in [-0.39, 0.29) is 0 Å². The number of piperidine rings is 2. The molecule has 0 atom stereocenters. The van der Waals surface area contributed by atoms with Gasteiger partial charge in [-0.05, 0) is 74.9 Å². The van der Waals surface area contributed by atoms with Gasteiger partial charge in [0.05, 0.1) is 12.8 Å². The van der Waals surface area contributed by atoms with Crippen molar-refractivity contribution in [2.45, 2.75) is 43.4 Å². The average Bonchev–Trinajstić information content (AvgIpc) is 2.98. The highest BCUT2D eigenvalue weighted by Crippen LogP contribution is 2.24. The van der Waals surface area contributed by atoms with Crippen LogP contribution in [0.2, 0.25) is 5.02 Å². The predicted molar refractivity (Wildman–Crippen MR) is 157 cm³/mol. The second-order valence-corrected chi connectivity index (χ2v) is 11.0.